The van der Waals surface area contributed by atoms with Gasteiger partial charge in [0.2, 0.25) is 5.88 Å². The molecule has 2 heterocycles. The molecule has 1 N–H and O–H groups in total. The molecule has 18 heavy (non-hydrogen) atoms. The molecule has 0 radical (unpaired) electrons. The molecule has 2 aromatic rings. The van der Waals surface area contributed by atoms with Crippen LogP contribution >= 0.6 is 11.3 Å². The van der Waals surface area contributed by atoms with E-state index in [0.717, 1.165) is 22.8 Å². The first-order valence-corrected chi connectivity index (χ1v) is 6.72. The van der Waals surface area contributed by atoms with E-state index in [0.29, 0.717) is 5.88 Å². The fraction of sp³-hybridized carbons (Fsp3) is 0.385. The van der Waals surface area contributed by atoms with E-state index in [4.69, 9.17) is 4.74 Å². The summed E-state index contributed by atoms with van der Waals surface area (Å²) in [5, 5.41) is 6.61. The molecule has 0 aliphatic rings. The van der Waals surface area contributed by atoms with Crippen LogP contribution in [0.5, 0.6) is 5.88 Å². The van der Waals surface area contributed by atoms with Gasteiger partial charge in [-0.15, -0.1) is 11.3 Å². The predicted octanol–water partition coefficient (Wildman–Crippen LogP) is 2.71. The monoisotopic (exact) mass is 263 g/mol. The first kappa shape index (κ1) is 13.0. The predicted molar refractivity (Wildman–Crippen MR) is 72.9 cm³/mol. The van der Waals surface area contributed by atoms with Crippen molar-refractivity contribution in [3.63, 3.8) is 0 Å². The summed E-state index contributed by atoms with van der Waals surface area (Å²) in [5.41, 5.74) is 2.13. The van der Waals surface area contributed by atoms with Gasteiger partial charge in [0.25, 0.3) is 0 Å². The SMILES string of the molecule is COc1ncccc1CNC(C)c1nc(C)cs1. The van der Waals surface area contributed by atoms with Gasteiger partial charge in [-0.3, -0.25) is 0 Å². The molecule has 0 aliphatic heterocycles. The Morgan fingerprint density at radius 1 is 1.50 bits per heavy atom. The number of hydrogen-bond donors (Lipinski definition) is 1. The summed E-state index contributed by atoms with van der Waals surface area (Å²) >= 11 is 1.68. The Kier molecular flexibility index (Phi) is 4.28. The maximum absolute atomic E-state index is 5.22. The van der Waals surface area contributed by atoms with Crippen LogP contribution in [0.25, 0.3) is 0 Å². The lowest BCUT2D eigenvalue weighted by Gasteiger charge is -2.12. The minimum Gasteiger partial charge on any atom is -0.481 e. The van der Waals surface area contributed by atoms with Crippen LogP contribution in [0.3, 0.4) is 0 Å². The van der Waals surface area contributed by atoms with Crippen molar-refractivity contribution in [2.45, 2.75) is 26.4 Å². The fourth-order valence-electron chi connectivity index (χ4n) is 1.66. The summed E-state index contributed by atoms with van der Waals surface area (Å²) in [6, 6.07) is 4.16. The van der Waals surface area contributed by atoms with E-state index < -0.39 is 0 Å². The Morgan fingerprint density at radius 3 is 3.00 bits per heavy atom. The second-order valence-electron chi connectivity index (χ2n) is 4.10. The van der Waals surface area contributed by atoms with Crippen LogP contribution in [-0.2, 0) is 6.54 Å². The molecular weight excluding hydrogens is 246 g/mol. The van der Waals surface area contributed by atoms with Crippen molar-refractivity contribution < 1.29 is 4.74 Å². The van der Waals surface area contributed by atoms with Crippen molar-refractivity contribution in [2.24, 2.45) is 0 Å². The summed E-state index contributed by atoms with van der Waals surface area (Å²) in [6.07, 6.45) is 1.73. The number of ether oxygens (including phenoxy) is 1. The maximum Gasteiger partial charge on any atom is 0.217 e. The molecule has 5 heteroatoms. The van der Waals surface area contributed by atoms with E-state index in [1.807, 2.05) is 19.1 Å². The van der Waals surface area contributed by atoms with Crippen LogP contribution in [0.15, 0.2) is 23.7 Å². The van der Waals surface area contributed by atoms with Gasteiger partial charge in [0.05, 0.1) is 13.2 Å². The standard InChI is InChI=1S/C13H17N3OS/c1-9-8-18-13(16-9)10(2)15-7-11-5-4-6-14-12(11)17-3/h4-6,8,10,15H,7H2,1-3H3. The van der Waals surface area contributed by atoms with Gasteiger partial charge in [0, 0.05) is 29.4 Å². The number of nitrogens with zero attached hydrogens (tertiary/aromatic N) is 2. The molecule has 1 unspecified atom stereocenters. The molecule has 4 nitrogen and oxygen atoms in total. The number of pyridine rings is 1. The van der Waals surface area contributed by atoms with Crippen molar-refractivity contribution in [3.8, 4) is 5.88 Å². The Morgan fingerprint density at radius 2 is 2.33 bits per heavy atom. The van der Waals surface area contributed by atoms with Gasteiger partial charge >= 0.3 is 0 Å². The molecule has 1 atom stereocenters. The van der Waals surface area contributed by atoms with Gasteiger partial charge in [-0.2, -0.15) is 0 Å². The number of thiazole rings is 1. The zero-order chi connectivity index (χ0) is 13.0. The maximum atomic E-state index is 5.22. The Balaban J connectivity index is 1.99. The minimum atomic E-state index is 0.230. The molecule has 2 rings (SSSR count). The molecule has 0 saturated carbocycles. The van der Waals surface area contributed by atoms with Crippen molar-refractivity contribution in [2.75, 3.05) is 7.11 Å². The number of aromatic nitrogens is 2. The van der Waals surface area contributed by atoms with Gasteiger partial charge < -0.3 is 10.1 Å². The van der Waals surface area contributed by atoms with E-state index in [-0.39, 0.29) is 6.04 Å². The average molecular weight is 263 g/mol. The van der Waals surface area contributed by atoms with Gasteiger partial charge in [-0.25, -0.2) is 9.97 Å². The lowest BCUT2D eigenvalue weighted by molar-refractivity contribution is 0.389. The summed E-state index contributed by atoms with van der Waals surface area (Å²) in [5.74, 6) is 0.674. The number of methoxy groups -OCH3 is 1. The van der Waals surface area contributed by atoms with Crippen molar-refractivity contribution in [3.05, 3.63) is 40.0 Å². The Hall–Kier alpha value is -1.46. The molecule has 96 valence electrons. The minimum absolute atomic E-state index is 0.230. The highest BCUT2D eigenvalue weighted by atomic mass is 32.1. The molecular formula is C13H17N3OS. The van der Waals surface area contributed by atoms with Crippen LogP contribution < -0.4 is 10.1 Å². The second kappa shape index (κ2) is 5.93. The van der Waals surface area contributed by atoms with Crippen molar-refractivity contribution >= 4 is 11.3 Å². The summed E-state index contributed by atoms with van der Waals surface area (Å²) < 4.78 is 5.22. The summed E-state index contributed by atoms with van der Waals surface area (Å²) in [6.45, 7) is 4.84. The number of aryl methyl sites for hydroxylation is 1. The topological polar surface area (TPSA) is 47.0 Å². The number of hydrogen-bond acceptors (Lipinski definition) is 5. The third-order valence-corrected chi connectivity index (χ3v) is 3.79. The lowest BCUT2D eigenvalue weighted by Crippen LogP contribution is -2.18. The summed E-state index contributed by atoms with van der Waals surface area (Å²) in [7, 11) is 1.64. The molecule has 0 aromatic carbocycles. The van der Waals surface area contributed by atoms with E-state index in [9.17, 15) is 0 Å². The highest BCUT2D eigenvalue weighted by Gasteiger charge is 2.10. The van der Waals surface area contributed by atoms with E-state index >= 15 is 0 Å². The van der Waals surface area contributed by atoms with Crippen LogP contribution in [0.1, 0.15) is 29.2 Å². The number of rotatable bonds is 5. The molecule has 0 aliphatic carbocycles. The van der Waals surface area contributed by atoms with Gasteiger partial charge in [-0.1, -0.05) is 6.07 Å². The molecule has 2 aromatic heterocycles. The molecule has 0 saturated heterocycles. The Bertz CT molecular complexity index is 512. The molecule has 0 spiro atoms. The fourth-order valence-corrected chi connectivity index (χ4v) is 2.49. The first-order chi connectivity index (χ1) is 8.70. The summed E-state index contributed by atoms with van der Waals surface area (Å²) in [4.78, 5) is 8.65. The second-order valence-corrected chi connectivity index (χ2v) is 4.99. The van der Waals surface area contributed by atoms with Crippen molar-refractivity contribution in [1.82, 2.24) is 15.3 Å². The number of nitrogens with one attached hydrogen (secondary N) is 1. The quantitative estimate of drug-likeness (QED) is 0.901. The molecule has 0 fully saturated rings. The first-order valence-electron chi connectivity index (χ1n) is 5.84. The zero-order valence-corrected chi connectivity index (χ0v) is 11.6. The zero-order valence-electron chi connectivity index (χ0n) is 10.8. The van der Waals surface area contributed by atoms with Gasteiger partial charge in [0.15, 0.2) is 0 Å². The van der Waals surface area contributed by atoms with Crippen LogP contribution in [-0.4, -0.2) is 17.1 Å². The van der Waals surface area contributed by atoms with E-state index in [1.54, 1.807) is 24.6 Å². The third kappa shape index (κ3) is 3.05. The van der Waals surface area contributed by atoms with Gasteiger partial charge in [0.1, 0.15) is 5.01 Å². The van der Waals surface area contributed by atoms with Crippen LogP contribution in [0.2, 0.25) is 0 Å². The van der Waals surface area contributed by atoms with Crippen LogP contribution in [0.4, 0.5) is 0 Å². The largest absolute Gasteiger partial charge is 0.481 e. The molecule has 0 amide bonds. The normalized spacial score (nSPS) is 12.4. The molecule has 0 bridgehead atoms. The Labute approximate surface area is 111 Å². The smallest absolute Gasteiger partial charge is 0.217 e. The van der Waals surface area contributed by atoms with E-state index in [1.165, 1.54) is 0 Å². The lowest BCUT2D eigenvalue weighted by atomic mass is 10.2. The highest BCUT2D eigenvalue weighted by molar-refractivity contribution is 7.09. The van der Waals surface area contributed by atoms with Gasteiger partial charge in [-0.05, 0) is 19.9 Å². The van der Waals surface area contributed by atoms with E-state index in [2.05, 4.69) is 27.6 Å². The van der Waals surface area contributed by atoms with Crippen LogP contribution in [0, 0.1) is 6.92 Å². The average Bonchev–Trinajstić information content (AvgIpc) is 2.83. The van der Waals surface area contributed by atoms with Crippen molar-refractivity contribution in [1.29, 1.82) is 0 Å². The third-order valence-electron chi connectivity index (χ3n) is 2.65. The highest BCUT2D eigenvalue weighted by Crippen LogP contribution is 2.19.